The molecule has 0 heterocycles. The van der Waals surface area contributed by atoms with E-state index in [1.165, 1.54) is 0 Å². The molecule has 0 atom stereocenters. The molecular formula is C13H16O3. The van der Waals surface area contributed by atoms with E-state index in [1.807, 2.05) is 42.5 Å². The molecule has 3 heteroatoms. The van der Waals surface area contributed by atoms with Crippen LogP contribution in [0.1, 0.15) is 18.4 Å². The summed E-state index contributed by atoms with van der Waals surface area (Å²) in [4.78, 5) is 10.2. The molecule has 86 valence electrons. The van der Waals surface area contributed by atoms with E-state index in [9.17, 15) is 4.79 Å². The topological polar surface area (TPSA) is 46.5 Å². The van der Waals surface area contributed by atoms with Gasteiger partial charge in [-0.15, -0.1) is 0 Å². The van der Waals surface area contributed by atoms with Crippen LogP contribution in [0.3, 0.4) is 0 Å². The third-order valence-electron chi connectivity index (χ3n) is 2.02. The average molecular weight is 220 g/mol. The molecule has 3 nitrogen and oxygen atoms in total. The summed E-state index contributed by atoms with van der Waals surface area (Å²) in [5.41, 5.74) is 1.14. The number of carbonyl (C=O) groups is 1. The summed E-state index contributed by atoms with van der Waals surface area (Å²) in [6.45, 7) is 1.11. The van der Waals surface area contributed by atoms with Crippen molar-refractivity contribution in [2.45, 2.75) is 19.4 Å². The molecular weight excluding hydrogens is 204 g/mol. The molecule has 1 aromatic carbocycles. The highest BCUT2D eigenvalue weighted by atomic mass is 16.5. The van der Waals surface area contributed by atoms with E-state index in [0.29, 0.717) is 19.6 Å². The van der Waals surface area contributed by atoms with Gasteiger partial charge in [-0.3, -0.25) is 4.79 Å². The second-order valence-corrected chi connectivity index (χ2v) is 3.40. The van der Waals surface area contributed by atoms with Gasteiger partial charge in [0.1, 0.15) is 0 Å². The first-order valence-corrected chi connectivity index (χ1v) is 5.27. The Bertz CT molecular complexity index is 330. The van der Waals surface area contributed by atoms with Crippen molar-refractivity contribution in [2.24, 2.45) is 0 Å². The number of ether oxygens (including phenoxy) is 1. The fraction of sp³-hybridized carbons (Fsp3) is 0.308. The first kappa shape index (κ1) is 12.5. The molecule has 0 saturated heterocycles. The van der Waals surface area contributed by atoms with Gasteiger partial charge in [0.2, 0.25) is 0 Å². The molecule has 0 aromatic heterocycles. The molecule has 0 bridgehead atoms. The normalized spacial score (nSPS) is 10.8. The molecule has 0 unspecified atom stereocenters. The van der Waals surface area contributed by atoms with Crippen molar-refractivity contribution in [2.75, 3.05) is 6.61 Å². The summed E-state index contributed by atoms with van der Waals surface area (Å²) in [7, 11) is 0. The Balaban J connectivity index is 2.06. The molecule has 1 rings (SSSR count). The maximum absolute atomic E-state index is 10.2. The fourth-order valence-corrected chi connectivity index (χ4v) is 1.21. The Morgan fingerprint density at radius 1 is 1.25 bits per heavy atom. The minimum Gasteiger partial charge on any atom is -0.481 e. The van der Waals surface area contributed by atoms with Gasteiger partial charge in [0.25, 0.3) is 0 Å². The van der Waals surface area contributed by atoms with Gasteiger partial charge < -0.3 is 9.84 Å². The Labute approximate surface area is 95.4 Å². The van der Waals surface area contributed by atoms with Crippen molar-refractivity contribution in [3.63, 3.8) is 0 Å². The Morgan fingerprint density at radius 3 is 2.69 bits per heavy atom. The zero-order valence-electron chi connectivity index (χ0n) is 9.13. The molecule has 0 saturated carbocycles. The van der Waals surface area contributed by atoms with Crippen LogP contribution in [-0.4, -0.2) is 17.7 Å². The monoisotopic (exact) mass is 220 g/mol. The predicted molar refractivity (Wildman–Crippen MR) is 62.1 cm³/mol. The van der Waals surface area contributed by atoms with Crippen LogP contribution < -0.4 is 0 Å². The zero-order valence-corrected chi connectivity index (χ0v) is 9.13. The average Bonchev–Trinajstić information content (AvgIpc) is 2.29. The van der Waals surface area contributed by atoms with Crippen LogP contribution in [0.5, 0.6) is 0 Å². The summed E-state index contributed by atoms with van der Waals surface area (Å²) in [6, 6.07) is 9.93. The quantitative estimate of drug-likeness (QED) is 0.567. The van der Waals surface area contributed by atoms with Gasteiger partial charge in [-0.25, -0.2) is 0 Å². The number of aliphatic carboxylic acids is 1. The van der Waals surface area contributed by atoms with Crippen LogP contribution in [-0.2, 0) is 16.1 Å². The van der Waals surface area contributed by atoms with E-state index in [2.05, 4.69) is 0 Å². The van der Waals surface area contributed by atoms with Gasteiger partial charge >= 0.3 is 5.97 Å². The number of rotatable bonds is 7. The summed E-state index contributed by atoms with van der Waals surface area (Å²) in [6.07, 6.45) is 4.42. The maximum Gasteiger partial charge on any atom is 0.303 e. The summed E-state index contributed by atoms with van der Waals surface area (Å²) in [5.74, 6) is -0.769. The minimum absolute atomic E-state index is 0.176. The van der Waals surface area contributed by atoms with E-state index in [-0.39, 0.29) is 6.42 Å². The van der Waals surface area contributed by atoms with Gasteiger partial charge in [0.15, 0.2) is 0 Å². The lowest BCUT2D eigenvalue weighted by Crippen LogP contribution is -1.93. The second-order valence-electron chi connectivity index (χ2n) is 3.40. The van der Waals surface area contributed by atoms with Gasteiger partial charge in [-0.2, -0.15) is 0 Å². The van der Waals surface area contributed by atoms with Crippen LogP contribution in [0.15, 0.2) is 42.5 Å². The molecule has 1 aromatic rings. The fourth-order valence-electron chi connectivity index (χ4n) is 1.21. The van der Waals surface area contributed by atoms with Gasteiger partial charge in [-0.1, -0.05) is 42.5 Å². The largest absolute Gasteiger partial charge is 0.481 e. The third-order valence-corrected chi connectivity index (χ3v) is 2.02. The Kier molecular flexibility index (Phi) is 5.96. The van der Waals surface area contributed by atoms with Crippen LogP contribution >= 0.6 is 0 Å². The van der Waals surface area contributed by atoms with Crippen molar-refractivity contribution < 1.29 is 14.6 Å². The number of carboxylic acids is 1. The molecule has 0 fully saturated rings. The lowest BCUT2D eigenvalue weighted by atomic mass is 10.2. The van der Waals surface area contributed by atoms with Crippen LogP contribution in [0.4, 0.5) is 0 Å². The van der Waals surface area contributed by atoms with Gasteiger partial charge in [0, 0.05) is 6.42 Å². The highest BCUT2D eigenvalue weighted by molar-refractivity contribution is 5.66. The molecule has 1 N–H and O–H groups in total. The smallest absolute Gasteiger partial charge is 0.303 e. The van der Waals surface area contributed by atoms with Crippen molar-refractivity contribution in [1.29, 1.82) is 0 Å². The second kappa shape index (κ2) is 7.65. The van der Waals surface area contributed by atoms with E-state index >= 15 is 0 Å². The zero-order chi connectivity index (χ0) is 11.6. The number of hydrogen-bond acceptors (Lipinski definition) is 2. The van der Waals surface area contributed by atoms with Crippen LogP contribution in [0, 0.1) is 0 Å². The Hall–Kier alpha value is -1.61. The predicted octanol–water partition coefficient (Wildman–Crippen LogP) is 2.62. The summed E-state index contributed by atoms with van der Waals surface area (Å²) in [5, 5.41) is 8.40. The SMILES string of the molecule is O=C(O)CCC=CCOCc1ccccc1. The third kappa shape index (κ3) is 5.98. The lowest BCUT2D eigenvalue weighted by molar-refractivity contribution is -0.136. The van der Waals surface area contributed by atoms with Crippen LogP contribution in [0.25, 0.3) is 0 Å². The van der Waals surface area contributed by atoms with Gasteiger partial charge in [-0.05, 0) is 12.0 Å². The summed E-state index contributed by atoms with van der Waals surface area (Å²) >= 11 is 0. The lowest BCUT2D eigenvalue weighted by Gasteiger charge is -2.00. The van der Waals surface area contributed by atoms with E-state index in [4.69, 9.17) is 9.84 Å². The molecule has 0 aliphatic carbocycles. The standard InChI is InChI=1S/C13H16O3/c14-13(15)9-5-2-6-10-16-11-12-7-3-1-4-8-12/h1-4,6-8H,5,9-11H2,(H,14,15). The summed E-state index contributed by atoms with van der Waals surface area (Å²) < 4.78 is 5.39. The molecule has 0 aliphatic heterocycles. The van der Waals surface area contributed by atoms with Crippen molar-refractivity contribution in [3.05, 3.63) is 48.0 Å². The maximum atomic E-state index is 10.2. The molecule has 0 aliphatic rings. The van der Waals surface area contributed by atoms with E-state index in [0.717, 1.165) is 5.56 Å². The number of hydrogen-bond donors (Lipinski definition) is 1. The first-order chi connectivity index (χ1) is 7.79. The van der Waals surface area contributed by atoms with E-state index < -0.39 is 5.97 Å². The highest BCUT2D eigenvalue weighted by Gasteiger charge is 1.92. The van der Waals surface area contributed by atoms with E-state index in [1.54, 1.807) is 0 Å². The molecule has 0 spiro atoms. The highest BCUT2D eigenvalue weighted by Crippen LogP contribution is 2.00. The number of allylic oxidation sites excluding steroid dienone is 1. The van der Waals surface area contributed by atoms with Crippen LogP contribution in [0.2, 0.25) is 0 Å². The van der Waals surface area contributed by atoms with Crippen molar-refractivity contribution in [1.82, 2.24) is 0 Å². The van der Waals surface area contributed by atoms with Crippen molar-refractivity contribution in [3.8, 4) is 0 Å². The molecule has 16 heavy (non-hydrogen) atoms. The Morgan fingerprint density at radius 2 is 2.00 bits per heavy atom. The van der Waals surface area contributed by atoms with Gasteiger partial charge in [0.05, 0.1) is 13.2 Å². The molecule has 0 amide bonds. The van der Waals surface area contributed by atoms with Crippen molar-refractivity contribution >= 4 is 5.97 Å². The number of benzene rings is 1. The minimum atomic E-state index is -0.769. The first-order valence-electron chi connectivity index (χ1n) is 5.27. The molecule has 0 radical (unpaired) electrons. The number of carboxylic acid groups (broad SMARTS) is 1.